The lowest BCUT2D eigenvalue weighted by atomic mass is 9.86. The molecule has 4 heterocycles. The standard InChI is InChI=1S/C28H28ClFN4O3/c1-27(2,3)18-13-21(16-6-7-19(29)20(30)12-16)32-22-14-23(37-24(18)22)25(35)34-11-10-33(17-8-9-31-15-17)26(36)28(34,4)5/h6-8,12-15H,9-11H2,1-5H3. The van der Waals surface area contributed by atoms with Crippen LogP contribution in [0.25, 0.3) is 22.4 Å². The minimum absolute atomic E-state index is 0.0332. The summed E-state index contributed by atoms with van der Waals surface area (Å²) >= 11 is 5.87. The second-order valence-electron chi connectivity index (χ2n) is 10.9. The zero-order valence-corrected chi connectivity index (χ0v) is 22.2. The van der Waals surface area contributed by atoms with Gasteiger partial charge in [0, 0.05) is 36.5 Å². The van der Waals surface area contributed by atoms with Crippen molar-refractivity contribution in [1.82, 2.24) is 14.8 Å². The number of benzene rings is 1. The Kier molecular flexibility index (Phi) is 5.98. The first-order chi connectivity index (χ1) is 17.4. The Morgan fingerprint density at radius 1 is 1.16 bits per heavy atom. The lowest BCUT2D eigenvalue weighted by Gasteiger charge is -2.45. The molecule has 0 bridgehead atoms. The number of aliphatic imine (C=N–C) groups is 1. The third kappa shape index (κ3) is 4.33. The fourth-order valence-electron chi connectivity index (χ4n) is 4.77. The zero-order valence-electron chi connectivity index (χ0n) is 21.4. The molecule has 37 heavy (non-hydrogen) atoms. The van der Waals surface area contributed by atoms with Gasteiger partial charge in [-0.1, -0.05) is 38.4 Å². The molecule has 0 radical (unpaired) electrons. The number of hydrogen-bond acceptors (Lipinski definition) is 5. The number of allylic oxidation sites excluding steroid dienone is 1. The van der Waals surface area contributed by atoms with E-state index in [2.05, 4.69) is 9.98 Å². The van der Waals surface area contributed by atoms with Crippen LogP contribution in [0.1, 0.15) is 50.7 Å². The highest BCUT2D eigenvalue weighted by atomic mass is 35.5. The topological polar surface area (TPSA) is 79.0 Å². The molecule has 0 aliphatic carbocycles. The van der Waals surface area contributed by atoms with Crippen LogP contribution in [0, 0.1) is 5.82 Å². The van der Waals surface area contributed by atoms with Crippen molar-refractivity contribution >= 4 is 40.7 Å². The number of carbonyl (C=O) groups excluding carboxylic acids is 2. The summed E-state index contributed by atoms with van der Waals surface area (Å²) in [5, 5.41) is 0.0332. The van der Waals surface area contributed by atoms with Gasteiger partial charge in [-0.25, -0.2) is 9.37 Å². The van der Waals surface area contributed by atoms with Crippen molar-refractivity contribution in [2.75, 3.05) is 19.6 Å². The molecule has 1 saturated heterocycles. The Hall–Kier alpha value is -3.52. The second-order valence-corrected chi connectivity index (χ2v) is 11.3. The van der Waals surface area contributed by atoms with E-state index in [9.17, 15) is 14.0 Å². The Morgan fingerprint density at radius 3 is 2.57 bits per heavy atom. The number of fused-ring (bicyclic) bond motifs is 1. The summed E-state index contributed by atoms with van der Waals surface area (Å²) in [5.41, 5.74) is 2.24. The Labute approximate surface area is 219 Å². The van der Waals surface area contributed by atoms with E-state index < -0.39 is 11.4 Å². The summed E-state index contributed by atoms with van der Waals surface area (Å²) in [6.45, 7) is 10.8. The summed E-state index contributed by atoms with van der Waals surface area (Å²) in [4.78, 5) is 39.1. The first kappa shape index (κ1) is 25.1. The zero-order chi connectivity index (χ0) is 26.7. The van der Waals surface area contributed by atoms with Crippen molar-refractivity contribution in [3.63, 3.8) is 0 Å². The fourth-order valence-corrected chi connectivity index (χ4v) is 4.89. The van der Waals surface area contributed by atoms with Crippen molar-refractivity contribution in [3.8, 4) is 11.3 Å². The van der Waals surface area contributed by atoms with Gasteiger partial charge < -0.3 is 14.2 Å². The number of piperazine rings is 1. The number of rotatable bonds is 3. The Balaban J connectivity index is 1.54. The molecule has 5 rings (SSSR count). The van der Waals surface area contributed by atoms with Gasteiger partial charge in [0.05, 0.1) is 23.0 Å². The number of pyridine rings is 1. The first-order valence-electron chi connectivity index (χ1n) is 12.1. The molecule has 7 nitrogen and oxygen atoms in total. The van der Waals surface area contributed by atoms with Crippen molar-refractivity contribution in [3.05, 3.63) is 64.3 Å². The predicted octanol–water partition coefficient (Wildman–Crippen LogP) is 5.62. The van der Waals surface area contributed by atoms with Crippen LogP contribution >= 0.6 is 11.6 Å². The fraction of sp³-hybridized carbons (Fsp3) is 0.357. The highest BCUT2D eigenvalue weighted by Gasteiger charge is 2.46. The van der Waals surface area contributed by atoms with Crippen LogP contribution in [-0.2, 0) is 10.2 Å². The molecule has 3 aromatic rings. The van der Waals surface area contributed by atoms with Gasteiger partial charge in [0.2, 0.25) is 0 Å². The molecule has 0 saturated carbocycles. The summed E-state index contributed by atoms with van der Waals surface area (Å²) < 4.78 is 20.3. The molecule has 0 spiro atoms. The minimum atomic E-state index is -1.09. The normalized spacial score (nSPS) is 17.6. The van der Waals surface area contributed by atoms with Crippen LogP contribution in [-0.4, -0.2) is 58.0 Å². The van der Waals surface area contributed by atoms with E-state index >= 15 is 0 Å². The van der Waals surface area contributed by atoms with Crippen LogP contribution in [0.3, 0.4) is 0 Å². The van der Waals surface area contributed by atoms with Crippen LogP contribution < -0.4 is 0 Å². The maximum absolute atomic E-state index is 14.2. The quantitative estimate of drug-likeness (QED) is 0.447. The Morgan fingerprint density at radius 2 is 1.92 bits per heavy atom. The second kappa shape index (κ2) is 8.80. The molecular weight excluding hydrogens is 495 g/mol. The van der Waals surface area contributed by atoms with Crippen molar-refractivity contribution in [2.45, 2.75) is 45.6 Å². The van der Waals surface area contributed by atoms with Gasteiger partial charge in [-0.15, -0.1) is 0 Å². The van der Waals surface area contributed by atoms with Crippen molar-refractivity contribution in [2.24, 2.45) is 4.99 Å². The van der Waals surface area contributed by atoms with Crippen LogP contribution in [0.2, 0.25) is 5.02 Å². The molecule has 0 unspecified atom stereocenters. The highest BCUT2D eigenvalue weighted by molar-refractivity contribution is 6.30. The number of carbonyl (C=O) groups is 2. The van der Waals surface area contributed by atoms with Gasteiger partial charge >= 0.3 is 0 Å². The van der Waals surface area contributed by atoms with Gasteiger partial charge in [0.25, 0.3) is 11.8 Å². The Bertz CT molecular complexity index is 1500. The van der Waals surface area contributed by atoms with E-state index in [0.29, 0.717) is 42.0 Å². The molecule has 0 atom stereocenters. The van der Waals surface area contributed by atoms with Crippen molar-refractivity contribution in [1.29, 1.82) is 0 Å². The maximum Gasteiger partial charge on any atom is 0.290 e. The average Bonchev–Trinajstić information content (AvgIpc) is 3.51. The van der Waals surface area contributed by atoms with E-state index in [-0.39, 0.29) is 28.0 Å². The van der Waals surface area contributed by atoms with Crippen LogP contribution in [0.4, 0.5) is 4.39 Å². The molecule has 0 N–H and O–H groups in total. The lowest BCUT2D eigenvalue weighted by Crippen LogP contribution is -2.64. The number of furan rings is 1. The van der Waals surface area contributed by atoms with E-state index in [4.69, 9.17) is 16.0 Å². The molecule has 1 fully saturated rings. The van der Waals surface area contributed by atoms with Gasteiger partial charge in [0.1, 0.15) is 16.9 Å². The smallest absolute Gasteiger partial charge is 0.290 e. The number of nitrogens with zero attached hydrogens (tertiary/aromatic N) is 4. The predicted molar refractivity (Wildman–Crippen MR) is 141 cm³/mol. The molecule has 1 aromatic carbocycles. The molecule has 2 amide bonds. The van der Waals surface area contributed by atoms with Crippen LogP contribution in [0.5, 0.6) is 0 Å². The third-order valence-corrected chi connectivity index (χ3v) is 7.20. The van der Waals surface area contributed by atoms with E-state index in [1.807, 2.05) is 32.9 Å². The highest BCUT2D eigenvalue weighted by Crippen LogP contribution is 2.36. The maximum atomic E-state index is 14.2. The summed E-state index contributed by atoms with van der Waals surface area (Å²) in [6, 6.07) is 7.99. The minimum Gasteiger partial charge on any atom is -0.449 e. The van der Waals surface area contributed by atoms with E-state index in [1.165, 1.54) is 12.1 Å². The number of amides is 2. The van der Waals surface area contributed by atoms with Gasteiger partial charge in [-0.3, -0.25) is 14.6 Å². The molecule has 9 heteroatoms. The largest absolute Gasteiger partial charge is 0.449 e. The monoisotopic (exact) mass is 522 g/mol. The third-order valence-electron chi connectivity index (χ3n) is 6.89. The number of aromatic nitrogens is 1. The van der Waals surface area contributed by atoms with Gasteiger partial charge in [-0.2, -0.15) is 0 Å². The van der Waals surface area contributed by atoms with Gasteiger partial charge in [-0.05, 0) is 43.5 Å². The molecule has 192 valence electrons. The summed E-state index contributed by atoms with van der Waals surface area (Å²) in [7, 11) is 0. The SMILES string of the molecule is CC(C)(C)c1cc(-c2ccc(Cl)c(F)c2)nc2cc(C(=O)N3CCN(C4=CCN=C4)C(=O)C3(C)C)oc12. The average molecular weight is 523 g/mol. The molecule has 2 aromatic heterocycles. The van der Waals surface area contributed by atoms with E-state index in [1.54, 1.807) is 42.0 Å². The van der Waals surface area contributed by atoms with Crippen molar-refractivity contribution < 1.29 is 18.4 Å². The first-order valence-corrected chi connectivity index (χ1v) is 12.5. The van der Waals surface area contributed by atoms with E-state index in [0.717, 1.165) is 11.3 Å². The number of hydrogen-bond donors (Lipinski definition) is 0. The van der Waals surface area contributed by atoms with Gasteiger partial charge in [0.15, 0.2) is 11.3 Å². The molecule has 2 aliphatic heterocycles. The summed E-state index contributed by atoms with van der Waals surface area (Å²) in [5.74, 6) is -0.997. The van der Waals surface area contributed by atoms with Crippen LogP contribution in [0.15, 0.2) is 51.5 Å². The molecular formula is C28H28ClFN4O3. The molecule has 2 aliphatic rings. The number of halogens is 2. The summed E-state index contributed by atoms with van der Waals surface area (Å²) in [6.07, 6.45) is 3.59. The lowest BCUT2D eigenvalue weighted by molar-refractivity contribution is -0.143.